The number of rotatable bonds is 16. The lowest BCUT2D eigenvalue weighted by Crippen LogP contribution is -2.33. The Bertz CT molecular complexity index is 1630. The van der Waals surface area contributed by atoms with Crippen molar-refractivity contribution >= 4 is 34.9 Å². The summed E-state index contributed by atoms with van der Waals surface area (Å²) >= 11 is 6.58. The van der Waals surface area contributed by atoms with Crippen LogP contribution in [0.5, 0.6) is 23.0 Å². The largest absolute Gasteiger partial charge is 0.504 e. The first-order valence-corrected chi connectivity index (χ1v) is 17.7. The van der Waals surface area contributed by atoms with Gasteiger partial charge in [0.2, 0.25) is 0 Å². The first kappa shape index (κ1) is 39.5. The zero-order valence-electron chi connectivity index (χ0n) is 31.2. The van der Waals surface area contributed by atoms with Crippen LogP contribution in [0.2, 0.25) is 5.02 Å². The molecule has 0 saturated heterocycles. The molecule has 0 aliphatic rings. The molecule has 3 rings (SSSR count). The Morgan fingerprint density at radius 3 is 2.16 bits per heavy atom. The van der Waals surface area contributed by atoms with Crippen molar-refractivity contribution in [2.24, 2.45) is 0 Å². The van der Waals surface area contributed by atoms with Crippen LogP contribution in [-0.2, 0) is 20.4 Å². The summed E-state index contributed by atoms with van der Waals surface area (Å²) < 4.78 is 18.1. The van der Waals surface area contributed by atoms with Crippen molar-refractivity contribution < 1.29 is 28.9 Å². The fourth-order valence-corrected chi connectivity index (χ4v) is 5.36. The van der Waals surface area contributed by atoms with Crippen LogP contribution in [0.15, 0.2) is 42.5 Å². The van der Waals surface area contributed by atoms with Crippen LogP contribution in [0, 0.1) is 6.92 Å². The number of ether oxygens (including phenoxy) is 3. The number of phenolic OH excluding ortho intramolecular Hbond substituents is 1. The first-order chi connectivity index (χ1) is 23.0. The number of nitrogens with one attached hydrogen (secondary N) is 1. The second-order valence-corrected chi connectivity index (χ2v) is 14.4. The van der Waals surface area contributed by atoms with Gasteiger partial charge in [0.1, 0.15) is 11.5 Å². The summed E-state index contributed by atoms with van der Waals surface area (Å²) in [7, 11) is 3.68. The van der Waals surface area contributed by atoms with Crippen LogP contribution in [-0.4, -0.2) is 43.8 Å². The van der Waals surface area contributed by atoms with Gasteiger partial charge in [0.25, 0.3) is 5.91 Å². The molecule has 1 amide bonds. The molecule has 2 N–H and O–H groups in total. The molecule has 0 bridgehead atoms. The molecule has 8 nitrogen and oxygen atoms in total. The van der Waals surface area contributed by atoms with Crippen LogP contribution >= 0.6 is 11.6 Å². The molecule has 0 heterocycles. The van der Waals surface area contributed by atoms with Crippen LogP contribution in [0.1, 0.15) is 115 Å². The number of phenols is 1. The number of hydrogen-bond acceptors (Lipinski definition) is 7. The molecule has 1 unspecified atom stereocenters. The van der Waals surface area contributed by atoms with Gasteiger partial charge in [0.15, 0.2) is 17.6 Å². The molecule has 0 radical (unpaired) electrons. The number of carbonyl (C=O) groups is 2. The van der Waals surface area contributed by atoms with Crippen LogP contribution in [0.25, 0.3) is 0 Å². The van der Waals surface area contributed by atoms with Gasteiger partial charge in [0, 0.05) is 31.3 Å². The molecule has 9 heteroatoms. The fourth-order valence-electron chi connectivity index (χ4n) is 5.17. The monoisotopic (exact) mass is 694 g/mol. The normalized spacial score (nSPS) is 12.3. The number of hydrogen-bond donors (Lipinski definition) is 2. The minimum absolute atomic E-state index is 0.00389. The van der Waals surface area contributed by atoms with Crippen molar-refractivity contribution in [2.75, 3.05) is 30.9 Å². The number of unbranched alkanes of at least 4 members (excludes halogenated alkanes) is 1. The second kappa shape index (κ2) is 16.7. The minimum atomic E-state index is -0.842. The second-order valence-electron chi connectivity index (χ2n) is 14.1. The van der Waals surface area contributed by atoms with Gasteiger partial charge in [-0.25, -0.2) is 4.79 Å². The molecule has 0 aliphatic heterocycles. The quantitative estimate of drug-likeness (QED) is 0.0875. The SMILES string of the molecule is CCCCOC(=O)c1ccc(Oc2cc(NC(=O)C(CC)Oc3ccc(C(C)(C)CC)cc3C(C)(C)CC)c(O)c(Cl)c2C)c(N(C)C)c1. The van der Waals surface area contributed by atoms with Gasteiger partial charge < -0.3 is 29.5 Å². The molecule has 0 aliphatic carbocycles. The molecule has 0 saturated carbocycles. The average molecular weight is 695 g/mol. The van der Waals surface area contributed by atoms with Crippen molar-refractivity contribution in [1.29, 1.82) is 0 Å². The van der Waals surface area contributed by atoms with Gasteiger partial charge in [0.05, 0.1) is 28.6 Å². The molecule has 1 atom stereocenters. The summed E-state index contributed by atoms with van der Waals surface area (Å²) in [5.74, 6) is 0.333. The van der Waals surface area contributed by atoms with E-state index in [0.717, 1.165) is 31.2 Å². The number of carbonyl (C=O) groups excluding carboxylic acids is 2. The smallest absolute Gasteiger partial charge is 0.338 e. The highest BCUT2D eigenvalue weighted by Gasteiger charge is 2.29. The third-order valence-electron chi connectivity index (χ3n) is 9.51. The molecule has 3 aromatic rings. The Kier molecular flexibility index (Phi) is 13.4. The van der Waals surface area contributed by atoms with Crippen LogP contribution in [0.4, 0.5) is 11.4 Å². The minimum Gasteiger partial charge on any atom is -0.504 e. The Morgan fingerprint density at radius 1 is 0.918 bits per heavy atom. The maximum Gasteiger partial charge on any atom is 0.338 e. The molecule has 3 aromatic carbocycles. The molecule has 268 valence electrons. The highest BCUT2D eigenvalue weighted by molar-refractivity contribution is 6.33. The van der Waals surface area contributed by atoms with Gasteiger partial charge in [-0.1, -0.05) is 85.5 Å². The van der Waals surface area contributed by atoms with Crippen molar-refractivity contribution in [1.82, 2.24) is 0 Å². The highest BCUT2D eigenvalue weighted by atomic mass is 35.5. The summed E-state index contributed by atoms with van der Waals surface area (Å²) in [4.78, 5) is 28.2. The van der Waals surface area contributed by atoms with Gasteiger partial charge in [-0.2, -0.15) is 0 Å². The fraction of sp³-hybridized carbons (Fsp3) is 0.500. The zero-order chi connectivity index (χ0) is 36.7. The Morgan fingerprint density at radius 2 is 1.57 bits per heavy atom. The van der Waals surface area contributed by atoms with E-state index in [2.05, 4.69) is 59.0 Å². The van der Waals surface area contributed by atoms with E-state index in [0.29, 0.717) is 47.1 Å². The lowest BCUT2D eigenvalue weighted by atomic mass is 9.76. The van der Waals surface area contributed by atoms with E-state index < -0.39 is 18.0 Å². The Labute approximate surface area is 298 Å². The number of anilines is 2. The van der Waals surface area contributed by atoms with Crippen LogP contribution < -0.4 is 19.7 Å². The predicted octanol–water partition coefficient (Wildman–Crippen LogP) is 10.3. The Balaban J connectivity index is 1.93. The van der Waals surface area contributed by atoms with Gasteiger partial charge in [-0.05, 0) is 73.3 Å². The summed E-state index contributed by atoms with van der Waals surface area (Å²) in [6, 6.07) is 12.8. The van der Waals surface area contributed by atoms with E-state index in [4.69, 9.17) is 25.8 Å². The summed E-state index contributed by atoms with van der Waals surface area (Å²) in [5, 5.41) is 13.9. The third-order valence-corrected chi connectivity index (χ3v) is 9.98. The average Bonchev–Trinajstić information content (AvgIpc) is 3.08. The molecular weight excluding hydrogens is 640 g/mol. The van der Waals surface area contributed by atoms with Crippen molar-refractivity contribution in [3.8, 4) is 23.0 Å². The maximum absolute atomic E-state index is 13.7. The van der Waals surface area contributed by atoms with E-state index in [-0.39, 0.29) is 27.3 Å². The van der Waals surface area contributed by atoms with Gasteiger partial charge >= 0.3 is 5.97 Å². The summed E-state index contributed by atoms with van der Waals surface area (Å²) in [6.45, 7) is 19.1. The highest BCUT2D eigenvalue weighted by Crippen LogP contribution is 2.44. The predicted molar refractivity (Wildman–Crippen MR) is 200 cm³/mol. The third kappa shape index (κ3) is 9.41. The number of amides is 1. The number of benzene rings is 3. The molecular formula is C40H55ClN2O6. The van der Waals surface area contributed by atoms with Crippen molar-refractivity contribution in [3.05, 3.63) is 69.7 Å². The van der Waals surface area contributed by atoms with Crippen LogP contribution in [0.3, 0.4) is 0 Å². The number of nitrogens with zero attached hydrogens (tertiary/aromatic N) is 1. The van der Waals surface area contributed by atoms with Gasteiger partial charge in [-0.15, -0.1) is 0 Å². The van der Waals surface area contributed by atoms with E-state index in [1.807, 2.05) is 38.9 Å². The van der Waals surface area contributed by atoms with E-state index >= 15 is 0 Å². The number of halogens is 1. The van der Waals surface area contributed by atoms with E-state index in [1.165, 1.54) is 5.56 Å². The number of aromatic hydroxyl groups is 1. The zero-order valence-corrected chi connectivity index (χ0v) is 31.9. The van der Waals surface area contributed by atoms with Crippen molar-refractivity contribution in [3.63, 3.8) is 0 Å². The lowest BCUT2D eigenvalue weighted by molar-refractivity contribution is -0.122. The first-order valence-electron chi connectivity index (χ1n) is 17.3. The van der Waals surface area contributed by atoms with E-state index in [1.54, 1.807) is 31.2 Å². The molecule has 0 spiro atoms. The van der Waals surface area contributed by atoms with E-state index in [9.17, 15) is 14.7 Å². The Hall–Kier alpha value is -3.91. The maximum atomic E-state index is 13.7. The topological polar surface area (TPSA) is 97.3 Å². The molecule has 49 heavy (non-hydrogen) atoms. The summed E-state index contributed by atoms with van der Waals surface area (Å²) in [6.07, 6.45) is 3.15. The lowest BCUT2D eigenvalue weighted by Gasteiger charge is -2.31. The standard InChI is InChI=1S/C40H55ClN2O6/c1-12-16-21-47-38(46)26-17-19-33(30(22-26)43(10)11)49-34-24-29(36(44)35(41)25(34)5)42-37(45)31(13-2)48-32-20-18-27(39(6,7)14-3)23-28(32)40(8,9)15-4/h17-20,22-24,31,44H,12-16,21H2,1-11H3,(H,42,45). The molecule has 0 fully saturated rings. The summed E-state index contributed by atoms with van der Waals surface area (Å²) in [5.41, 5.74) is 3.70. The number of esters is 1. The molecule has 0 aromatic heterocycles. The van der Waals surface area contributed by atoms with Crippen molar-refractivity contribution in [2.45, 2.75) is 111 Å². The van der Waals surface area contributed by atoms with Gasteiger partial charge in [-0.3, -0.25) is 4.79 Å².